The van der Waals surface area contributed by atoms with E-state index in [0.29, 0.717) is 12.2 Å². The molecule has 0 bridgehead atoms. The number of nitrogens with one attached hydrogen (secondary N) is 1. The highest BCUT2D eigenvalue weighted by Crippen LogP contribution is 2.53. The minimum absolute atomic E-state index is 0.0124. The first-order chi connectivity index (χ1) is 12.7. The van der Waals surface area contributed by atoms with Gasteiger partial charge in [0.25, 0.3) is 5.91 Å². The summed E-state index contributed by atoms with van der Waals surface area (Å²) in [5, 5.41) is 16.6. The van der Waals surface area contributed by atoms with Gasteiger partial charge in [-0.3, -0.25) is 9.89 Å². The summed E-state index contributed by atoms with van der Waals surface area (Å²) in [4.78, 5) is 15.2. The van der Waals surface area contributed by atoms with Crippen molar-refractivity contribution in [2.75, 3.05) is 13.1 Å². The first-order valence-electron chi connectivity index (χ1n) is 9.24. The van der Waals surface area contributed by atoms with E-state index >= 15 is 0 Å². The number of hydrogen-bond acceptors (Lipinski definition) is 4. The fraction of sp³-hybridized carbons (Fsp3) is 0.474. The summed E-state index contributed by atoms with van der Waals surface area (Å²) in [6.07, 6.45) is 6.50. The molecule has 1 unspecified atom stereocenters. The predicted octanol–water partition coefficient (Wildman–Crippen LogP) is 2.49. The van der Waals surface area contributed by atoms with Crippen LogP contribution in [0.2, 0.25) is 0 Å². The molecule has 1 aliphatic heterocycles. The summed E-state index contributed by atoms with van der Waals surface area (Å²) in [6.45, 7) is 1.47. The van der Waals surface area contributed by atoms with E-state index in [4.69, 9.17) is 0 Å². The van der Waals surface area contributed by atoms with Crippen molar-refractivity contribution in [1.29, 1.82) is 0 Å². The van der Waals surface area contributed by atoms with Gasteiger partial charge in [-0.2, -0.15) is 5.10 Å². The molecule has 1 aromatic carbocycles. The molecular weight excluding hydrogens is 328 g/mol. The van der Waals surface area contributed by atoms with E-state index in [0.717, 1.165) is 36.1 Å². The molecule has 0 radical (unpaired) electrons. The SMILES string of the molecule is Cn1cnnc1C1CN(C(=O)c2n[nH]c3ccccc23)CC12CCCC2. The molecule has 1 saturated heterocycles. The van der Waals surface area contributed by atoms with Crippen LogP contribution in [0.3, 0.4) is 0 Å². The molecule has 2 fully saturated rings. The lowest BCUT2D eigenvalue weighted by Crippen LogP contribution is -2.31. The van der Waals surface area contributed by atoms with Gasteiger partial charge in [-0.25, -0.2) is 0 Å². The van der Waals surface area contributed by atoms with Gasteiger partial charge in [-0.1, -0.05) is 31.0 Å². The minimum Gasteiger partial charge on any atom is -0.336 e. The third-order valence-electron chi connectivity index (χ3n) is 6.27. The van der Waals surface area contributed by atoms with Gasteiger partial charge < -0.3 is 9.47 Å². The van der Waals surface area contributed by atoms with E-state index in [1.807, 2.05) is 40.8 Å². The lowest BCUT2D eigenvalue weighted by molar-refractivity contribution is 0.0769. The number of fused-ring (bicyclic) bond motifs is 1. The Morgan fingerprint density at radius 3 is 2.85 bits per heavy atom. The number of carbonyl (C=O) groups is 1. The van der Waals surface area contributed by atoms with Crippen LogP contribution in [0.25, 0.3) is 10.9 Å². The second kappa shape index (κ2) is 5.65. The highest BCUT2D eigenvalue weighted by atomic mass is 16.2. The molecule has 3 heterocycles. The number of aromatic nitrogens is 5. The first-order valence-corrected chi connectivity index (χ1v) is 9.24. The van der Waals surface area contributed by atoms with Gasteiger partial charge in [0.15, 0.2) is 5.69 Å². The Morgan fingerprint density at radius 1 is 1.27 bits per heavy atom. The summed E-state index contributed by atoms with van der Waals surface area (Å²) in [6, 6.07) is 7.79. The second-order valence-electron chi connectivity index (χ2n) is 7.73. The standard InChI is InChI=1S/C19H22N6O/c1-24-12-20-23-17(24)14-10-25(11-19(14)8-4-5-9-19)18(26)16-13-6-2-3-7-15(13)21-22-16/h2-3,6-7,12,14H,4-5,8-11H2,1H3,(H,21,22). The molecule has 26 heavy (non-hydrogen) atoms. The fourth-order valence-corrected chi connectivity index (χ4v) is 4.95. The molecular formula is C19H22N6O. The molecule has 1 aliphatic carbocycles. The number of nitrogens with zero attached hydrogens (tertiary/aromatic N) is 5. The lowest BCUT2D eigenvalue weighted by Gasteiger charge is -2.28. The van der Waals surface area contributed by atoms with Crippen LogP contribution in [0.1, 0.15) is 47.9 Å². The zero-order valence-corrected chi connectivity index (χ0v) is 14.9. The van der Waals surface area contributed by atoms with E-state index in [1.165, 1.54) is 12.8 Å². The number of aromatic amines is 1. The number of hydrogen-bond donors (Lipinski definition) is 1. The quantitative estimate of drug-likeness (QED) is 0.770. The van der Waals surface area contributed by atoms with Gasteiger partial charge in [-0.05, 0) is 24.3 Å². The van der Waals surface area contributed by atoms with Crippen LogP contribution in [0.5, 0.6) is 0 Å². The summed E-state index contributed by atoms with van der Waals surface area (Å²) >= 11 is 0. The van der Waals surface area contributed by atoms with Crippen molar-refractivity contribution in [3.05, 3.63) is 42.1 Å². The topological polar surface area (TPSA) is 79.7 Å². The van der Waals surface area contributed by atoms with Gasteiger partial charge >= 0.3 is 0 Å². The van der Waals surface area contributed by atoms with Crippen LogP contribution in [0, 0.1) is 5.41 Å². The van der Waals surface area contributed by atoms with Gasteiger partial charge in [0, 0.05) is 31.4 Å². The molecule has 1 atom stereocenters. The third-order valence-corrected chi connectivity index (χ3v) is 6.27. The Morgan fingerprint density at radius 2 is 2.08 bits per heavy atom. The predicted molar refractivity (Wildman–Crippen MR) is 96.6 cm³/mol. The van der Waals surface area contributed by atoms with Crippen molar-refractivity contribution < 1.29 is 4.79 Å². The number of aryl methyl sites for hydroxylation is 1. The number of rotatable bonds is 2. The number of para-hydroxylation sites is 1. The molecule has 2 aromatic heterocycles. The lowest BCUT2D eigenvalue weighted by atomic mass is 9.76. The van der Waals surface area contributed by atoms with E-state index in [1.54, 1.807) is 6.33 Å². The Kier molecular flexibility index (Phi) is 3.38. The maximum atomic E-state index is 13.3. The average molecular weight is 350 g/mol. The van der Waals surface area contributed by atoms with E-state index in [-0.39, 0.29) is 17.2 Å². The van der Waals surface area contributed by atoms with Crippen molar-refractivity contribution in [1.82, 2.24) is 29.9 Å². The van der Waals surface area contributed by atoms with Gasteiger partial charge in [0.05, 0.1) is 5.52 Å². The van der Waals surface area contributed by atoms with Crippen LogP contribution < -0.4 is 0 Å². The number of likely N-dealkylation sites (tertiary alicyclic amines) is 1. The summed E-state index contributed by atoms with van der Waals surface area (Å²) in [5.41, 5.74) is 1.55. The summed E-state index contributed by atoms with van der Waals surface area (Å²) in [5.74, 6) is 1.25. The molecule has 7 heteroatoms. The van der Waals surface area contributed by atoms with Crippen molar-refractivity contribution in [3.8, 4) is 0 Å². The Bertz CT molecular complexity index is 967. The number of H-pyrrole nitrogens is 1. The van der Waals surface area contributed by atoms with Crippen LogP contribution in [0.4, 0.5) is 0 Å². The summed E-state index contributed by atoms with van der Waals surface area (Å²) in [7, 11) is 1.99. The van der Waals surface area contributed by atoms with Crippen LogP contribution >= 0.6 is 0 Å². The van der Waals surface area contributed by atoms with Crippen molar-refractivity contribution in [2.24, 2.45) is 12.5 Å². The summed E-state index contributed by atoms with van der Waals surface area (Å²) < 4.78 is 2.00. The number of benzene rings is 1. The molecule has 7 nitrogen and oxygen atoms in total. The molecule has 3 aromatic rings. The van der Waals surface area contributed by atoms with Gasteiger partial charge in [0.1, 0.15) is 12.2 Å². The van der Waals surface area contributed by atoms with Crippen molar-refractivity contribution in [3.63, 3.8) is 0 Å². The maximum Gasteiger partial charge on any atom is 0.275 e. The first kappa shape index (κ1) is 15.5. The monoisotopic (exact) mass is 350 g/mol. The van der Waals surface area contributed by atoms with E-state index < -0.39 is 0 Å². The average Bonchev–Trinajstić information content (AvgIpc) is 3.42. The Balaban J connectivity index is 1.51. The minimum atomic E-state index is 0.0124. The molecule has 1 saturated carbocycles. The molecule has 2 aliphatic rings. The highest BCUT2D eigenvalue weighted by molar-refractivity contribution is 6.04. The molecule has 1 spiro atoms. The van der Waals surface area contributed by atoms with Gasteiger partial charge in [-0.15, -0.1) is 10.2 Å². The van der Waals surface area contributed by atoms with Crippen molar-refractivity contribution >= 4 is 16.8 Å². The Hall–Kier alpha value is -2.70. The maximum absolute atomic E-state index is 13.3. The van der Waals surface area contributed by atoms with E-state index in [2.05, 4.69) is 20.4 Å². The number of carbonyl (C=O) groups excluding carboxylic acids is 1. The zero-order valence-electron chi connectivity index (χ0n) is 14.9. The fourth-order valence-electron chi connectivity index (χ4n) is 4.95. The zero-order chi connectivity index (χ0) is 17.7. The van der Waals surface area contributed by atoms with Crippen LogP contribution in [0.15, 0.2) is 30.6 Å². The third kappa shape index (κ3) is 2.19. The normalized spacial score (nSPS) is 21.9. The second-order valence-corrected chi connectivity index (χ2v) is 7.73. The molecule has 1 amide bonds. The molecule has 1 N–H and O–H groups in total. The van der Waals surface area contributed by atoms with Gasteiger partial charge in [0.2, 0.25) is 0 Å². The van der Waals surface area contributed by atoms with Crippen molar-refractivity contribution in [2.45, 2.75) is 31.6 Å². The number of amides is 1. The smallest absolute Gasteiger partial charge is 0.275 e. The molecule has 134 valence electrons. The van der Waals surface area contributed by atoms with Crippen LogP contribution in [-0.2, 0) is 7.05 Å². The highest BCUT2D eigenvalue weighted by Gasteiger charge is 2.51. The Labute approximate surface area is 151 Å². The largest absolute Gasteiger partial charge is 0.336 e. The molecule has 5 rings (SSSR count). The van der Waals surface area contributed by atoms with E-state index in [9.17, 15) is 4.79 Å². The van der Waals surface area contributed by atoms with Crippen LogP contribution in [-0.4, -0.2) is 48.9 Å².